The Morgan fingerprint density at radius 3 is 0.628 bits per heavy atom. The summed E-state index contributed by atoms with van der Waals surface area (Å²) in [7, 11) is 0. The van der Waals surface area contributed by atoms with Gasteiger partial charge in [0.25, 0.3) is 0 Å². The topological polar surface area (TPSA) is 36.9 Å². The molecule has 0 amide bonds. The van der Waals surface area contributed by atoms with Crippen molar-refractivity contribution in [3.8, 4) is 0 Å². The first-order valence-corrected chi connectivity index (χ1v) is 40.8. The zero-order valence-corrected chi connectivity index (χ0v) is 62.0. The summed E-state index contributed by atoms with van der Waals surface area (Å²) < 4.78 is 34.0. The molecule has 0 saturated heterocycles. The fourth-order valence-corrected chi connectivity index (χ4v) is 14.3. The Kier molecular flexibility index (Phi) is 64.8. The van der Waals surface area contributed by atoms with E-state index in [-0.39, 0.29) is 30.5 Å². The highest BCUT2D eigenvalue weighted by Gasteiger charge is 2.50. The molecule has 9 atom stereocenters. The lowest BCUT2D eigenvalue weighted by atomic mass is 9.90. The molecule has 0 heterocycles. The van der Waals surface area contributed by atoms with Crippen LogP contribution < -0.4 is 0 Å². The maximum atomic E-state index is 8.56. The van der Waals surface area contributed by atoms with E-state index in [1.165, 1.54) is 315 Å². The van der Waals surface area contributed by atoms with Crippen LogP contribution in [0, 0.1) is 23.7 Å². The van der Waals surface area contributed by atoms with E-state index in [0.717, 1.165) is 64.2 Å². The molecule has 0 aliphatic heterocycles. The smallest absolute Gasteiger partial charge is 0.311 e. The van der Waals surface area contributed by atoms with Gasteiger partial charge in [-0.15, -0.1) is 0 Å². The first-order valence-electron chi connectivity index (χ1n) is 40.8. The predicted molar refractivity (Wildman–Crippen MR) is 386 cm³/mol. The number of hydrogen-bond donors (Lipinski definition) is 0. The average molecular weight is 1220 g/mol. The molecule has 0 aliphatic carbocycles. The van der Waals surface area contributed by atoms with E-state index in [1.807, 2.05) is 0 Å². The summed E-state index contributed by atoms with van der Waals surface area (Å²) in [5.41, 5.74) is 0. The lowest BCUT2D eigenvalue weighted by Gasteiger charge is -2.47. The van der Waals surface area contributed by atoms with E-state index in [1.54, 1.807) is 0 Å². The maximum absolute atomic E-state index is 8.56. The van der Waals surface area contributed by atoms with Crippen LogP contribution in [0.5, 0.6) is 0 Å². The van der Waals surface area contributed by atoms with Crippen molar-refractivity contribution in [1.29, 1.82) is 0 Å². The summed E-state index contributed by atoms with van der Waals surface area (Å²) >= 11 is 0. The van der Waals surface area contributed by atoms with Crippen molar-refractivity contribution in [2.75, 3.05) is 0 Å². The molecular formula is C82H166O4. The Labute approximate surface area is 545 Å². The maximum Gasteiger partial charge on any atom is 0.311 e. The lowest BCUT2D eigenvalue weighted by molar-refractivity contribution is -0.456. The van der Waals surface area contributed by atoms with E-state index >= 15 is 0 Å². The third-order valence-corrected chi connectivity index (χ3v) is 20.6. The molecule has 9 unspecified atom stereocenters. The van der Waals surface area contributed by atoms with Gasteiger partial charge in [0.05, 0.1) is 24.4 Å². The largest absolute Gasteiger partial charge is 0.367 e. The molecule has 0 aliphatic rings. The van der Waals surface area contributed by atoms with Crippen LogP contribution in [0.1, 0.15) is 469 Å². The van der Waals surface area contributed by atoms with Gasteiger partial charge in [0.1, 0.15) is 6.10 Å². The Morgan fingerprint density at radius 1 is 0.198 bits per heavy atom. The number of rotatable bonds is 72. The van der Waals surface area contributed by atoms with Crippen LogP contribution in [0.2, 0.25) is 0 Å². The second-order valence-corrected chi connectivity index (χ2v) is 28.9. The molecule has 0 N–H and O–H groups in total. The molecule has 4 heteroatoms. The van der Waals surface area contributed by atoms with Crippen molar-refractivity contribution in [1.82, 2.24) is 0 Å². The highest BCUT2D eigenvalue weighted by molar-refractivity contribution is 4.85. The van der Waals surface area contributed by atoms with Crippen molar-refractivity contribution in [2.45, 2.75) is 505 Å². The second kappa shape index (κ2) is 64.9. The molecule has 0 spiro atoms. The van der Waals surface area contributed by atoms with Crippen LogP contribution in [0.15, 0.2) is 0 Å². The van der Waals surface area contributed by atoms with E-state index in [0.29, 0.717) is 23.7 Å². The van der Waals surface area contributed by atoms with Crippen molar-refractivity contribution in [2.24, 2.45) is 23.7 Å². The molecule has 0 radical (unpaired) electrons. The van der Waals surface area contributed by atoms with Gasteiger partial charge >= 0.3 is 5.97 Å². The first-order chi connectivity index (χ1) is 42.2. The zero-order valence-electron chi connectivity index (χ0n) is 62.0. The van der Waals surface area contributed by atoms with Gasteiger partial charge in [-0.3, -0.25) is 0 Å². The molecule has 0 fully saturated rings. The average Bonchev–Trinajstić information content (AvgIpc) is 2.41. The summed E-state index contributed by atoms with van der Waals surface area (Å²) in [6.45, 7) is 31.3. The lowest BCUT2D eigenvalue weighted by Crippen LogP contribution is -2.57. The summed E-state index contributed by atoms with van der Waals surface area (Å²) in [4.78, 5) is 0. The highest BCUT2D eigenvalue weighted by Crippen LogP contribution is 2.41. The van der Waals surface area contributed by atoms with Gasteiger partial charge in [0.15, 0.2) is 0 Å². The van der Waals surface area contributed by atoms with Gasteiger partial charge in [-0.05, 0) is 81.5 Å². The Bertz CT molecular complexity index is 1180. The van der Waals surface area contributed by atoms with Gasteiger partial charge in [0.2, 0.25) is 0 Å². The van der Waals surface area contributed by atoms with Crippen LogP contribution in [-0.4, -0.2) is 36.5 Å². The Balaban J connectivity index is 8.99. The third-order valence-electron chi connectivity index (χ3n) is 20.6. The first kappa shape index (κ1) is 85.8. The monoisotopic (exact) mass is 1220 g/mol. The summed E-state index contributed by atoms with van der Waals surface area (Å²) in [5, 5.41) is 0. The van der Waals surface area contributed by atoms with Gasteiger partial charge in [-0.25, -0.2) is 0 Å². The molecule has 0 rings (SSSR count). The highest BCUT2D eigenvalue weighted by atomic mass is 16.9. The fourth-order valence-electron chi connectivity index (χ4n) is 14.3. The summed E-state index contributed by atoms with van der Waals surface area (Å²) in [6, 6.07) is 0. The van der Waals surface area contributed by atoms with Crippen LogP contribution in [-0.2, 0) is 18.9 Å². The minimum Gasteiger partial charge on any atom is -0.367 e. The summed E-state index contributed by atoms with van der Waals surface area (Å²) in [6.07, 6.45) is 75.1. The van der Waals surface area contributed by atoms with Gasteiger partial charge in [0, 0.05) is 0 Å². The quantitative estimate of drug-likeness (QED) is 0.0449. The number of hydrogen-bond acceptors (Lipinski definition) is 4. The van der Waals surface area contributed by atoms with Crippen molar-refractivity contribution < 1.29 is 18.9 Å². The molecule has 0 bridgehead atoms. The molecule has 0 aromatic carbocycles. The van der Waals surface area contributed by atoms with Crippen LogP contribution in [0.3, 0.4) is 0 Å². The van der Waals surface area contributed by atoms with E-state index in [4.69, 9.17) is 18.9 Å². The normalized spacial score (nSPS) is 16.0. The predicted octanol–water partition coefficient (Wildman–Crippen LogP) is 29.3. The fraction of sp³-hybridized carbons (Fsp3) is 1.00. The molecular weight excluding hydrogens is 1050 g/mol. The minimum atomic E-state index is -1.27. The zero-order chi connectivity index (χ0) is 63.2. The van der Waals surface area contributed by atoms with Crippen molar-refractivity contribution >= 4 is 0 Å². The molecule has 4 nitrogen and oxygen atoms in total. The van der Waals surface area contributed by atoms with E-state index in [2.05, 4.69) is 90.0 Å². The molecule has 0 saturated carbocycles. The molecule has 0 aromatic rings. The minimum absolute atomic E-state index is 0.0696. The van der Waals surface area contributed by atoms with Gasteiger partial charge in [-0.2, -0.15) is 0 Å². The molecule has 518 valence electrons. The standard InChI is InChI=1S/C82H166O4/c1-14-27-36-41-46-50-55-64-77(69-73(23-10)60-32-19-6)83-81(68-59-54-45-40-31-18-5)82(84-78(70-74(24-11)61-33-20-7)65-56-51-47-42-37-28-15-2,85-79(71-75(25-12)62-34-21-8)66-57-52-48-43-38-29-16-3)86-80(72-76(26-13)63-35-22-9)67-58-53-49-44-39-30-17-4/h73-81H,14-72H2,1-13H3. The van der Waals surface area contributed by atoms with E-state index in [9.17, 15) is 0 Å². The van der Waals surface area contributed by atoms with Crippen LogP contribution in [0.4, 0.5) is 0 Å². The number of ether oxygens (including phenoxy) is 4. The SMILES string of the molecule is CCCCCCCCCC(CC(CC)CCCC)OC(CCCCCCCC)C(OC(CCCCCCCCC)CC(CC)CCCC)(OC(CCCCCCCCC)CC(CC)CCCC)OC(CCCCCCCCC)CC(CC)CCCC. The summed E-state index contributed by atoms with van der Waals surface area (Å²) in [5.74, 6) is 1.31. The van der Waals surface area contributed by atoms with Crippen molar-refractivity contribution in [3.63, 3.8) is 0 Å². The van der Waals surface area contributed by atoms with Crippen LogP contribution >= 0.6 is 0 Å². The second-order valence-electron chi connectivity index (χ2n) is 28.9. The van der Waals surface area contributed by atoms with Crippen molar-refractivity contribution in [3.05, 3.63) is 0 Å². The van der Waals surface area contributed by atoms with Gasteiger partial charge < -0.3 is 18.9 Å². The molecule has 86 heavy (non-hydrogen) atoms. The Hall–Kier alpha value is -0.160. The van der Waals surface area contributed by atoms with E-state index < -0.39 is 5.97 Å². The Morgan fingerprint density at radius 2 is 0.395 bits per heavy atom. The third kappa shape index (κ3) is 48.6. The van der Waals surface area contributed by atoms with Crippen LogP contribution in [0.25, 0.3) is 0 Å². The van der Waals surface area contributed by atoms with Gasteiger partial charge in [-0.1, -0.05) is 411 Å². The molecule has 0 aromatic heterocycles. The number of unbranched alkanes of at least 4 members (excludes halogenated alkanes) is 33.